The molecule has 0 aliphatic carbocycles. The minimum Gasteiger partial charge on any atom is -0.494 e. The third-order valence-electron chi connectivity index (χ3n) is 2.68. The quantitative estimate of drug-likeness (QED) is 0.864. The van der Waals surface area contributed by atoms with Crippen LogP contribution in [0.5, 0.6) is 11.6 Å². The molecule has 19 heavy (non-hydrogen) atoms. The van der Waals surface area contributed by atoms with Gasteiger partial charge in [0.15, 0.2) is 0 Å². The number of anilines is 1. The van der Waals surface area contributed by atoms with Gasteiger partial charge in [-0.2, -0.15) is 0 Å². The molecule has 2 rings (SSSR count). The lowest BCUT2D eigenvalue weighted by molar-refractivity contribution is 0.340. The van der Waals surface area contributed by atoms with Gasteiger partial charge in [0.25, 0.3) is 0 Å². The Bertz CT molecular complexity index is 512. The van der Waals surface area contributed by atoms with Crippen molar-refractivity contribution in [1.82, 2.24) is 4.98 Å². The van der Waals surface area contributed by atoms with Gasteiger partial charge in [-0.3, -0.25) is 0 Å². The Morgan fingerprint density at radius 3 is 2.63 bits per heavy atom. The number of nitrogens with one attached hydrogen (secondary N) is 1. The molecule has 0 bridgehead atoms. The Labute approximate surface area is 113 Å². The van der Waals surface area contributed by atoms with Crippen LogP contribution >= 0.6 is 0 Å². The Kier molecular flexibility index (Phi) is 4.61. The summed E-state index contributed by atoms with van der Waals surface area (Å²) < 4.78 is 10.6. The molecule has 1 aromatic carbocycles. The molecule has 4 heteroatoms. The monoisotopic (exact) mass is 258 g/mol. The van der Waals surface area contributed by atoms with Gasteiger partial charge in [-0.25, -0.2) is 4.98 Å². The first kappa shape index (κ1) is 13.2. The van der Waals surface area contributed by atoms with E-state index >= 15 is 0 Å². The number of hydrogen-bond acceptors (Lipinski definition) is 4. The second-order valence-electron chi connectivity index (χ2n) is 3.99. The van der Waals surface area contributed by atoms with Crippen LogP contribution in [0.1, 0.15) is 12.5 Å². The highest BCUT2D eigenvalue weighted by molar-refractivity contribution is 5.52. The maximum absolute atomic E-state index is 5.41. The first-order chi connectivity index (χ1) is 9.33. The molecule has 0 aliphatic rings. The van der Waals surface area contributed by atoms with E-state index in [1.54, 1.807) is 13.3 Å². The molecule has 0 fully saturated rings. The number of aromatic nitrogens is 1. The van der Waals surface area contributed by atoms with Crippen molar-refractivity contribution in [3.05, 3.63) is 48.2 Å². The maximum Gasteiger partial charge on any atom is 0.237 e. The first-order valence-electron chi connectivity index (χ1n) is 6.28. The highest BCUT2D eigenvalue weighted by Gasteiger charge is 2.02. The lowest BCUT2D eigenvalue weighted by atomic mass is 10.2. The summed E-state index contributed by atoms with van der Waals surface area (Å²) in [4.78, 5) is 4.14. The number of nitrogens with zero attached hydrogens (tertiary/aromatic N) is 1. The Balaban J connectivity index is 1.98. The Morgan fingerprint density at radius 2 is 1.95 bits per heavy atom. The number of hydrogen-bond donors (Lipinski definition) is 1. The van der Waals surface area contributed by atoms with Crippen LogP contribution in [0.15, 0.2) is 42.6 Å². The van der Waals surface area contributed by atoms with Crippen molar-refractivity contribution in [2.75, 3.05) is 19.0 Å². The van der Waals surface area contributed by atoms with Crippen molar-refractivity contribution < 1.29 is 9.47 Å². The van der Waals surface area contributed by atoms with E-state index in [-0.39, 0.29) is 0 Å². The van der Waals surface area contributed by atoms with Crippen LogP contribution in [0.3, 0.4) is 0 Å². The Hall–Kier alpha value is -2.23. The lowest BCUT2D eigenvalue weighted by Gasteiger charge is -2.10. The van der Waals surface area contributed by atoms with Crippen molar-refractivity contribution in [2.24, 2.45) is 0 Å². The largest absolute Gasteiger partial charge is 0.494 e. The van der Waals surface area contributed by atoms with Crippen LogP contribution in [0.25, 0.3) is 0 Å². The zero-order chi connectivity index (χ0) is 13.5. The molecule has 1 heterocycles. The van der Waals surface area contributed by atoms with E-state index in [0.717, 1.165) is 11.4 Å². The van der Waals surface area contributed by atoms with Gasteiger partial charge in [-0.1, -0.05) is 12.1 Å². The van der Waals surface area contributed by atoms with Gasteiger partial charge in [0, 0.05) is 12.7 Å². The summed E-state index contributed by atoms with van der Waals surface area (Å²) in [5, 5.41) is 3.30. The maximum atomic E-state index is 5.41. The van der Waals surface area contributed by atoms with Gasteiger partial charge in [-0.05, 0) is 36.8 Å². The zero-order valence-corrected chi connectivity index (χ0v) is 11.2. The van der Waals surface area contributed by atoms with Crippen LogP contribution in [0.2, 0.25) is 0 Å². The van der Waals surface area contributed by atoms with Gasteiger partial charge in [0.05, 0.1) is 19.4 Å². The average molecular weight is 258 g/mol. The topological polar surface area (TPSA) is 43.4 Å². The highest BCUT2D eigenvalue weighted by Crippen LogP contribution is 2.21. The fraction of sp³-hybridized carbons (Fsp3) is 0.267. The molecule has 0 atom stereocenters. The number of benzene rings is 1. The van der Waals surface area contributed by atoms with Crippen LogP contribution in [0.4, 0.5) is 5.69 Å². The summed E-state index contributed by atoms with van der Waals surface area (Å²) >= 11 is 0. The SMILES string of the molecule is CCOc1ccc(CNc2cccnc2OC)cc1. The summed E-state index contributed by atoms with van der Waals surface area (Å²) in [5.41, 5.74) is 2.06. The van der Waals surface area contributed by atoms with Crippen molar-refractivity contribution >= 4 is 5.69 Å². The third kappa shape index (κ3) is 3.61. The first-order valence-corrected chi connectivity index (χ1v) is 6.28. The second kappa shape index (κ2) is 6.64. The number of rotatable bonds is 6. The highest BCUT2D eigenvalue weighted by atomic mass is 16.5. The third-order valence-corrected chi connectivity index (χ3v) is 2.68. The molecule has 0 saturated heterocycles. The van der Waals surface area contributed by atoms with Gasteiger partial charge >= 0.3 is 0 Å². The molecule has 2 aromatic rings. The van der Waals surface area contributed by atoms with E-state index in [1.165, 1.54) is 5.56 Å². The van der Waals surface area contributed by atoms with Gasteiger partial charge < -0.3 is 14.8 Å². The van der Waals surface area contributed by atoms with Crippen LogP contribution in [-0.4, -0.2) is 18.7 Å². The van der Waals surface area contributed by atoms with E-state index in [4.69, 9.17) is 9.47 Å². The molecular weight excluding hydrogens is 240 g/mol. The van der Waals surface area contributed by atoms with Gasteiger partial charge in [0.2, 0.25) is 5.88 Å². The van der Waals surface area contributed by atoms with E-state index in [0.29, 0.717) is 19.0 Å². The molecule has 0 amide bonds. The second-order valence-corrected chi connectivity index (χ2v) is 3.99. The standard InChI is InChI=1S/C15H18N2O2/c1-3-19-13-8-6-12(7-9-13)11-17-14-5-4-10-16-15(14)18-2/h4-10,17H,3,11H2,1-2H3. The summed E-state index contributed by atoms with van der Waals surface area (Å²) in [5.74, 6) is 1.50. The summed E-state index contributed by atoms with van der Waals surface area (Å²) in [6.07, 6.45) is 1.71. The number of ether oxygens (including phenoxy) is 2. The fourth-order valence-electron chi connectivity index (χ4n) is 1.76. The smallest absolute Gasteiger partial charge is 0.237 e. The van der Waals surface area contributed by atoms with E-state index in [9.17, 15) is 0 Å². The molecule has 0 saturated carbocycles. The fourth-order valence-corrected chi connectivity index (χ4v) is 1.76. The normalized spacial score (nSPS) is 10.0. The van der Waals surface area contributed by atoms with Gasteiger partial charge in [-0.15, -0.1) is 0 Å². The number of pyridine rings is 1. The molecule has 0 aliphatic heterocycles. The van der Waals surface area contributed by atoms with Crippen LogP contribution < -0.4 is 14.8 Å². The molecule has 0 radical (unpaired) electrons. The van der Waals surface area contributed by atoms with E-state index < -0.39 is 0 Å². The molecule has 1 aromatic heterocycles. The molecule has 4 nitrogen and oxygen atoms in total. The average Bonchev–Trinajstić information content (AvgIpc) is 2.47. The minimum atomic E-state index is 0.605. The molecular formula is C15H18N2O2. The van der Waals surface area contributed by atoms with Crippen LogP contribution in [-0.2, 0) is 6.54 Å². The van der Waals surface area contributed by atoms with E-state index in [1.807, 2.05) is 43.3 Å². The van der Waals surface area contributed by atoms with Gasteiger partial charge in [0.1, 0.15) is 5.75 Å². The van der Waals surface area contributed by atoms with E-state index in [2.05, 4.69) is 10.3 Å². The van der Waals surface area contributed by atoms with Crippen molar-refractivity contribution in [3.8, 4) is 11.6 Å². The molecule has 0 spiro atoms. The summed E-state index contributed by atoms with van der Waals surface area (Å²) in [6, 6.07) is 11.9. The van der Waals surface area contributed by atoms with Crippen molar-refractivity contribution in [1.29, 1.82) is 0 Å². The predicted octanol–water partition coefficient (Wildman–Crippen LogP) is 3.10. The Morgan fingerprint density at radius 1 is 1.16 bits per heavy atom. The molecule has 100 valence electrons. The summed E-state index contributed by atoms with van der Waals surface area (Å²) in [7, 11) is 1.62. The molecule has 1 N–H and O–H groups in total. The zero-order valence-electron chi connectivity index (χ0n) is 11.2. The molecule has 0 unspecified atom stereocenters. The van der Waals surface area contributed by atoms with Crippen molar-refractivity contribution in [2.45, 2.75) is 13.5 Å². The van der Waals surface area contributed by atoms with Crippen LogP contribution in [0, 0.1) is 0 Å². The number of methoxy groups -OCH3 is 1. The predicted molar refractivity (Wildman–Crippen MR) is 75.7 cm³/mol. The minimum absolute atomic E-state index is 0.605. The lowest BCUT2D eigenvalue weighted by Crippen LogP contribution is -2.02. The summed E-state index contributed by atoms with van der Waals surface area (Å²) in [6.45, 7) is 3.38. The van der Waals surface area contributed by atoms with Crippen molar-refractivity contribution in [3.63, 3.8) is 0 Å².